The van der Waals surface area contributed by atoms with Crippen LogP contribution in [-0.2, 0) is 4.79 Å². The largest absolute Gasteiger partial charge is 0.396 e. The van der Waals surface area contributed by atoms with E-state index in [-0.39, 0.29) is 12.5 Å². The molecule has 0 spiro atoms. The normalized spacial score (nSPS) is 10.6. The third-order valence-corrected chi connectivity index (χ3v) is 1.87. The molecule has 0 aromatic carbocycles. The van der Waals surface area contributed by atoms with Crippen molar-refractivity contribution in [2.24, 2.45) is 0 Å². The number of hydrogen-bond acceptors (Lipinski definition) is 3. The molecular formula is C10H22N2O2. The van der Waals surface area contributed by atoms with Crippen molar-refractivity contribution in [1.29, 1.82) is 0 Å². The molecule has 14 heavy (non-hydrogen) atoms. The molecule has 1 amide bonds. The Labute approximate surface area is 86.3 Å². The molecule has 0 aliphatic heterocycles. The Kier molecular flexibility index (Phi) is 8.57. The summed E-state index contributed by atoms with van der Waals surface area (Å²) in [4.78, 5) is 13.0. The van der Waals surface area contributed by atoms with Gasteiger partial charge in [0.1, 0.15) is 0 Å². The fraction of sp³-hybridized carbons (Fsp3) is 0.900. The molecule has 2 N–H and O–H groups in total. The van der Waals surface area contributed by atoms with Gasteiger partial charge in [-0.15, -0.1) is 0 Å². The average Bonchev–Trinajstić information content (AvgIpc) is 2.10. The van der Waals surface area contributed by atoms with Crippen LogP contribution in [0.4, 0.5) is 0 Å². The van der Waals surface area contributed by atoms with Crippen LogP contribution in [-0.4, -0.2) is 49.7 Å². The number of aliphatic hydroxyl groups excluding tert-OH is 1. The van der Waals surface area contributed by atoms with Gasteiger partial charge >= 0.3 is 0 Å². The molecule has 0 atom stereocenters. The van der Waals surface area contributed by atoms with Crippen molar-refractivity contribution < 1.29 is 9.90 Å². The highest BCUT2D eigenvalue weighted by molar-refractivity contribution is 5.77. The quantitative estimate of drug-likeness (QED) is 0.553. The van der Waals surface area contributed by atoms with E-state index < -0.39 is 0 Å². The number of aliphatic hydroxyl groups is 1. The van der Waals surface area contributed by atoms with Gasteiger partial charge in [0.05, 0.1) is 6.54 Å². The predicted octanol–water partition coefficient (Wildman–Crippen LogP) is 0.217. The summed E-state index contributed by atoms with van der Waals surface area (Å²) in [5.74, 6) is 0.0807. The predicted molar refractivity (Wildman–Crippen MR) is 57.1 cm³/mol. The van der Waals surface area contributed by atoms with E-state index in [9.17, 15) is 4.79 Å². The summed E-state index contributed by atoms with van der Waals surface area (Å²) in [7, 11) is 3.75. The Balaban J connectivity index is 3.15. The zero-order valence-corrected chi connectivity index (χ0v) is 9.25. The third kappa shape index (κ3) is 9.48. The average molecular weight is 202 g/mol. The topological polar surface area (TPSA) is 52.6 Å². The van der Waals surface area contributed by atoms with Gasteiger partial charge in [-0.25, -0.2) is 0 Å². The molecule has 0 saturated carbocycles. The summed E-state index contributed by atoms with van der Waals surface area (Å²) in [5, 5.41) is 11.4. The number of carbonyl (C=O) groups is 1. The summed E-state index contributed by atoms with van der Waals surface area (Å²) < 4.78 is 0. The lowest BCUT2D eigenvalue weighted by atomic mass is 10.2. The number of hydrogen-bond donors (Lipinski definition) is 2. The lowest BCUT2D eigenvalue weighted by Gasteiger charge is -2.09. The molecule has 0 fully saturated rings. The summed E-state index contributed by atoms with van der Waals surface area (Å²) in [6, 6.07) is 0. The third-order valence-electron chi connectivity index (χ3n) is 1.87. The molecule has 0 saturated heterocycles. The summed E-state index contributed by atoms with van der Waals surface area (Å²) in [5.41, 5.74) is 0. The van der Waals surface area contributed by atoms with Gasteiger partial charge in [0.25, 0.3) is 0 Å². The standard InChI is InChI=1S/C10H22N2O2/c1-12(2)9-10(14)11-7-5-3-4-6-8-13/h13H,3-9H2,1-2H3,(H,11,14). The molecule has 0 unspecified atom stereocenters. The first kappa shape index (κ1) is 13.4. The monoisotopic (exact) mass is 202 g/mol. The molecule has 84 valence electrons. The minimum atomic E-state index is 0.0807. The Morgan fingerprint density at radius 2 is 1.86 bits per heavy atom. The first-order chi connectivity index (χ1) is 6.66. The molecule has 0 aliphatic carbocycles. The van der Waals surface area contributed by atoms with Crippen molar-refractivity contribution in [3.05, 3.63) is 0 Å². The zero-order chi connectivity index (χ0) is 10.8. The summed E-state index contributed by atoms with van der Waals surface area (Å²) >= 11 is 0. The van der Waals surface area contributed by atoms with Gasteiger partial charge in [-0.1, -0.05) is 12.8 Å². The number of nitrogens with zero attached hydrogens (tertiary/aromatic N) is 1. The molecule has 0 rings (SSSR count). The zero-order valence-electron chi connectivity index (χ0n) is 9.25. The highest BCUT2D eigenvalue weighted by atomic mass is 16.2. The maximum Gasteiger partial charge on any atom is 0.234 e. The number of likely N-dealkylation sites (N-methyl/N-ethyl adjacent to an activating group) is 1. The highest BCUT2D eigenvalue weighted by Crippen LogP contribution is 1.97. The van der Waals surface area contributed by atoms with Gasteiger partial charge in [0.15, 0.2) is 0 Å². The van der Waals surface area contributed by atoms with Crippen LogP contribution in [0.1, 0.15) is 25.7 Å². The molecule has 0 aliphatic rings. The summed E-state index contributed by atoms with van der Waals surface area (Å²) in [6.45, 7) is 1.47. The van der Waals surface area contributed by atoms with E-state index in [1.54, 1.807) is 0 Å². The van der Waals surface area contributed by atoms with Crippen LogP contribution in [0.3, 0.4) is 0 Å². The van der Waals surface area contributed by atoms with Crippen molar-refractivity contribution in [3.63, 3.8) is 0 Å². The molecule has 0 radical (unpaired) electrons. The molecule has 0 aromatic heterocycles. The van der Waals surface area contributed by atoms with Gasteiger partial charge in [0, 0.05) is 13.2 Å². The van der Waals surface area contributed by atoms with E-state index in [0.29, 0.717) is 6.54 Å². The first-order valence-corrected chi connectivity index (χ1v) is 5.19. The van der Waals surface area contributed by atoms with Crippen molar-refractivity contribution in [1.82, 2.24) is 10.2 Å². The second-order valence-corrected chi connectivity index (χ2v) is 3.73. The van der Waals surface area contributed by atoms with Gasteiger partial charge in [-0.3, -0.25) is 4.79 Å². The molecule has 4 nitrogen and oxygen atoms in total. The lowest BCUT2D eigenvalue weighted by Crippen LogP contribution is -2.33. The summed E-state index contributed by atoms with van der Waals surface area (Å²) in [6.07, 6.45) is 3.98. The van der Waals surface area contributed by atoms with E-state index in [1.165, 1.54) is 0 Å². The van der Waals surface area contributed by atoms with E-state index in [0.717, 1.165) is 32.2 Å². The Morgan fingerprint density at radius 1 is 1.21 bits per heavy atom. The van der Waals surface area contributed by atoms with Crippen LogP contribution in [0.15, 0.2) is 0 Å². The van der Waals surface area contributed by atoms with Crippen molar-refractivity contribution >= 4 is 5.91 Å². The maximum absolute atomic E-state index is 11.1. The SMILES string of the molecule is CN(C)CC(=O)NCCCCCCO. The van der Waals surface area contributed by atoms with Crippen molar-refractivity contribution in [3.8, 4) is 0 Å². The molecule has 4 heteroatoms. The van der Waals surface area contributed by atoms with E-state index in [2.05, 4.69) is 5.32 Å². The van der Waals surface area contributed by atoms with Gasteiger partial charge in [-0.2, -0.15) is 0 Å². The van der Waals surface area contributed by atoms with E-state index in [4.69, 9.17) is 5.11 Å². The van der Waals surface area contributed by atoms with Crippen molar-refractivity contribution in [2.45, 2.75) is 25.7 Å². The lowest BCUT2D eigenvalue weighted by molar-refractivity contribution is -0.121. The Morgan fingerprint density at radius 3 is 2.43 bits per heavy atom. The maximum atomic E-state index is 11.1. The number of carbonyl (C=O) groups excluding carboxylic acids is 1. The molecule has 0 heterocycles. The van der Waals surface area contributed by atoms with Gasteiger partial charge < -0.3 is 15.3 Å². The number of rotatable bonds is 8. The van der Waals surface area contributed by atoms with Crippen LogP contribution in [0.2, 0.25) is 0 Å². The number of amides is 1. The number of unbranched alkanes of at least 4 members (excludes halogenated alkanes) is 3. The minimum Gasteiger partial charge on any atom is -0.396 e. The van der Waals surface area contributed by atoms with Crippen molar-refractivity contribution in [2.75, 3.05) is 33.8 Å². The second kappa shape index (κ2) is 8.97. The molecule has 0 aromatic rings. The second-order valence-electron chi connectivity index (χ2n) is 3.73. The first-order valence-electron chi connectivity index (χ1n) is 5.19. The highest BCUT2D eigenvalue weighted by Gasteiger charge is 2.00. The fourth-order valence-electron chi connectivity index (χ4n) is 1.16. The smallest absolute Gasteiger partial charge is 0.234 e. The molecular weight excluding hydrogens is 180 g/mol. The Bertz CT molecular complexity index is 149. The molecule has 0 bridgehead atoms. The van der Waals surface area contributed by atoms with Crippen LogP contribution in [0, 0.1) is 0 Å². The van der Waals surface area contributed by atoms with E-state index >= 15 is 0 Å². The number of nitrogens with one attached hydrogen (secondary N) is 1. The van der Waals surface area contributed by atoms with E-state index in [1.807, 2.05) is 19.0 Å². The van der Waals surface area contributed by atoms with Gasteiger partial charge in [-0.05, 0) is 26.9 Å². The van der Waals surface area contributed by atoms with Crippen LogP contribution >= 0.6 is 0 Å². The van der Waals surface area contributed by atoms with Crippen LogP contribution in [0.5, 0.6) is 0 Å². The Hall–Kier alpha value is -0.610. The van der Waals surface area contributed by atoms with Gasteiger partial charge in [0.2, 0.25) is 5.91 Å². The fourth-order valence-corrected chi connectivity index (χ4v) is 1.16. The van der Waals surface area contributed by atoms with Crippen LogP contribution < -0.4 is 5.32 Å². The minimum absolute atomic E-state index is 0.0807. The van der Waals surface area contributed by atoms with Crippen LogP contribution in [0.25, 0.3) is 0 Å².